The van der Waals surface area contributed by atoms with Crippen LogP contribution < -0.4 is 5.32 Å². The summed E-state index contributed by atoms with van der Waals surface area (Å²) in [5.41, 5.74) is 2.24. The SMILES string of the molecule is Cc1ccc(C)c(CC(=O)Nc2cccc(C(F)(F)F)c2)c1. The van der Waals surface area contributed by atoms with Gasteiger partial charge in [-0.3, -0.25) is 4.79 Å². The Hall–Kier alpha value is -2.30. The second-order valence-electron chi connectivity index (χ2n) is 5.23. The topological polar surface area (TPSA) is 29.1 Å². The van der Waals surface area contributed by atoms with Crippen molar-refractivity contribution in [3.05, 3.63) is 64.7 Å². The van der Waals surface area contributed by atoms with Crippen molar-refractivity contribution < 1.29 is 18.0 Å². The molecule has 2 rings (SSSR count). The molecule has 0 saturated heterocycles. The van der Waals surface area contributed by atoms with Crippen LogP contribution in [0.2, 0.25) is 0 Å². The molecular weight excluding hydrogens is 291 g/mol. The molecule has 0 spiro atoms. The molecule has 0 atom stereocenters. The van der Waals surface area contributed by atoms with E-state index in [1.807, 2.05) is 32.0 Å². The van der Waals surface area contributed by atoms with Crippen molar-refractivity contribution in [2.24, 2.45) is 0 Å². The van der Waals surface area contributed by atoms with E-state index in [1.165, 1.54) is 12.1 Å². The van der Waals surface area contributed by atoms with E-state index in [4.69, 9.17) is 0 Å². The second-order valence-corrected chi connectivity index (χ2v) is 5.23. The number of hydrogen-bond acceptors (Lipinski definition) is 1. The average Bonchev–Trinajstić information content (AvgIpc) is 2.42. The largest absolute Gasteiger partial charge is 0.416 e. The fourth-order valence-corrected chi connectivity index (χ4v) is 2.14. The van der Waals surface area contributed by atoms with Crippen molar-refractivity contribution in [2.45, 2.75) is 26.4 Å². The van der Waals surface area contributed by atoms with E-state index in [0.717, 1.165) is 28.8 Å². The monoisotopic (exact) mass is 307 g/mol. The van der Waals surface area contributed by atoms with Gasteiger partial charge < -0.3 is 5.32 Å². The van der Waals surface area contributed by atoms with E-state index in [1.54, 1.807) is 0 Å². The van der Waals surface area contributed by atoms with E-state index in [2.05, 4.69) is 5.32 Å². The second kappa shape index (κ2) is 6.22. The van der Waals surface area contributed by atoms with Gasteiger partial charge in [-0.2, -0.15) is 13.2 Å². The van der Waals surface area contributed by atoms with Crippen LogP contribution in [-0.2, 0) is 17.4 Å². The van der Waals surface area contributed by atoms with Gasteiger partial charge in [0.25, 0.3) is 0 Å². The van der Waals surface area contributed by atoms with Gasteiger partial charge in [-0.05, 0) is 43.2 Å². The number of hydrogen-bond donors (Lipinski definition) is 1. The third-order valence-corrected chi connectivity index (χ3v) is 3.33. The van der Waals surface area contributed by atoms with Crippen LogP contribution in [0.4, 0.5) is 18.9 Å². The summed E-state index contributed by atoms with van der Waals surface area (Å²) in [4.78, 5) is 12.0. The van der Waals surface area contributed by atoms with Crippen LogP contribution in [-0.4, -0.2) is 5.91 Å². The molecule has 0 bridgehead atoms. The first-order valence-electron chi connectivity index (χ1n) is 6.79. The third kappa shape index (κ3) is 4.10. The first-order valence-corrected chi connectivity index (χ1v) is 6.79. The molecule has 1 amide bonds. The lowest BCUT2D eigenvalue weighted by Crippen LogP contribution is -2.16. The highest BCUT2D eigenvalue weighted by molar-refractivity contribution is 5.92. The molecule has 5 heteroatoms. The summed E-state index contributed by atoms with van der Waals surface area (Å²) in [5, 5.41) is 2.51. The van der Waals surface area contributed by atoms with Crippen LogP contribution in [0.25, 0.3) is 0 Å². The maximum atomic E-state index is 12.6. The molecule has 0 saturated carbocycles. The van der Waals surface area contributed by atoms with Crippen molar-refractivity contribution in [3.8, 4) is 0 Å². The normalized spacial score (nSPS) is 11.3. The lowest BCUT2D eigenvalue weighted by atomic mass is 10.0. The minimum Gasteiger partial charge on any atom is -0.326 e. The van der Waals surface area contributed by atoms with Crippen LogP contribution in [0.5, 0.6) is 0 Å². The number of carbonyl (C=O) groups excluding carboxylic acids is 1. The predicted octanol–water partition coefficient (Wildman–Crippen LogP) is 4.50. The van der Waals surface area contributed by atoms with Crippen molar-refractivity contribution in [1.82, 2.24) is 0 Å². The van der Waals surface area contributed by atoms with Gasteiger partial charge in [0.05, 0.1) is 12.0 Å². The molecule has 116 valence electrons. The lowest BCUT2D eigenvalue weighted by molar-refractivity contribution is -0.137. The molecule has 1 N–H and O–H groups in total. The summed E-state index contributed by atoms with van der Waals surface area (Å²) in [6.45, 7) is 3.82. The Balaban J connectivity index is 2.11. The van der Waals surface area contributed by atoms with Gasteiger partial charge in [0.2, 0.25) is 5.91 Å². The van der Waals surface area contributed by atoms with Gasteiger partial charge >= 0.3 is 6.18 Å². The number of amides is 1. The van der Waals surface area contributed by atoms with Gasteiger partial charge in [-0.1, -0.05) is 29.8 Å². The molecule has 22 heavy (non-hydrogen) atoms. The summed E-state index contributed by atoms with van der Waals surface area (Å²) >= 11 is 0. The minimum atomic E-state index is -4.42. The Labute approximate surface area is 127 Å². The zero-order valence-electron chi connectivity index (χ0n) is 12.3. The molecule has 0 aliphatic carbocycles. The standard InChI is InChI=1S/C17H16F3NO/c1-11-6-7-12(2)13(8-11)9-16(22)21-15-5-3-4-14(10-15)17(18,19)20/h3-8,10H,9H2,1-2H3,(H,21,22). The van der Waals surface area contributed by atoms with Crippen molar-refractivity contribution in [1.29, 1.82) is 0 Å². The molecule has 0 radical (unpaired) electrons. The lowest BCUT2D eigenvalue weighted by Gasteiger charge is -2.11. The van der Waals surface area contributed by atoms with E-state index < -0.39 is 11.7 Å². The van der Waals surface area contributed by atoms with Crippen LogP contribution in [0, 0.1) is 13.8 Å². The minimum absolute atomic E-state index is 0.129. The molecule has 0 aliphatic rings. The summed E-state index contributed by atoms with van der Waals surface area (Å²) in [6.07, 6.45) is -4.29. The first-order chi connectivity index (χ1) is 10.3. The fraction of sp³-hybridized carbons (Fsp3) is 0.235. The van der Waals surface area contributed by atoms with Gasteiger partial charge in [0, 0.05) is 5.69 Å². The van der Waals surface area contributed by atoms with E-state index >= 15 is 0 Å². The van der Waals surface area contributed by atoms with E-state index in [0.29, 0.717) is 0 Å². The van der Waals surface area contributed by atoms with Crippen molar-refractivity contribution in [2.75, 3.05) is 5.32 Å². The van der Waals surface area contributed by atoms with E-state index in [-0.39, 0.29) is 18.0 Å². The van der Waals surface area contributed by atoms with Crippen molar-refractivity contribution in [3.63, 3.8) is 0 Å². The Kier molecular flexibility index (Phi) is 4.54. The maximum Gasteiger partial charge on any atom is 0.416 e. The molecule has 2 nitrogen and oxygen atoms in total. The molecule has 2 aromatic rings. The predicted molar refractivity (Wildman–Crippen MR) is 79.7 cm³/mol. The molecule has 0 aromatic heterocycles. The fourth-order valence-electron chi connectivity index (χ4n) is 2.14. The highest BCUT2D eigenvalue weighted by Crippen LogP contribution is 2.30. The molecular formula is C17H16F3NO. The number of carbonyl (C=O) groups is 1. The van der Waals surface area contributed by atoms with Crippen LogP contribution >= 0.6 is 0 Å². The van der Waals surface area contributed by atoms with Crippen LogP contribution in [0.1, 0.15) is 22.3 Å². The molecule has 0 heterocycles. The third-order valence-electron chi connectivity index (χ3n) is 3.33. The van der Waals surface area contributed by atoms with Gasteiger partial charge in [0.1, 0.15) is 0 Å². The molecule has 0 unspecified atom stereocenters. The highest BCUT2D eigenvalue weighted by atomic mass is 19.4. The number of anilines is 1. The van der Waals surface area contributed by atoms with Crippen molar-refractivity contribution >= 4 is 11.6 Å². The smallest absolute Gasteiger partial charge is 0.326 e. The highest BCUT2D eigenvalue weighted by Gasteiger charge is 2.30. The zero-order valence-corrected chi connectivity index (χ0v) is 12.3. The van der Waals surface area contributed by atoms with Gasteiger partial charge in [0.15, 0.2) is 0 Å². The van der Waals surface area contributed by atoms with Crippen LogP contribution in [0.15, 0.2) is 42.5 Å². The number of benzene rings is 2. The number of alkyl halides is 3. The Bertz CT molecular complexity index is 693. The van der Waals surface area contributed by atoms with Gasteiger partial charge in [-0.15, -0.1) is 0 Å². The zero-order chi connectivity index (χ0) is 16.3. The first kappa shape index (κ1) is 16.1. The van der Waals surface area contributed by atoms with E-state index in [9.17, 15) is 18.0 Å². The maximum absolute atomic E-state index is 12.6. The molecule has 2 aromatic carbocycles. The number of rotatable bonds is 3. The average molecular weight is 307 g/mol. The Morgan fingerprint density at radius 2 is 1.82 bits per heavy atom. The number of aryl methyl sites for hydroxylation is 2. The van der Waals surface area contributed by atoms with Crippen LogP contribution in [0.3, 0.4) is 0 Å². The Morgan fingerprint density at radius 3 is 2.50 bits per heavy atom. The number of nitrogens with one attached hydrogen (secondary N) is 1. The van der Waals surface area contributed by atoms with Gasteiger partial charge in [-0.25, -0.2) is 0 Å². The summed E-state index contributed by atoms with van der Waals surface area (Å²) in [6, 6.07) is 10.4. The quantitative estimate of drug-likeness (QED) is 0.888. The molecule has 0 aliphatic heterocycles. The Morgan fingerprint density at radius 1 is 1.09 bits per heavy atom. The summed E-state index contributed by atoms with van der Waals surface area (Å²) in [5.74, 6) is -0.340. The summed E-state index contributed by atoms with van der Waals surface area (Å²) in [7, 11) is 0. The molecule has 0 fully saturated rings. The summed E-state index contributed by atoms with van der Waals surface area (Å²) < 4.78 is 37.9. The number of halogens is 3.